The molecule has 0 radical (unpaired) electrons. The van der Waals surface area contributed by atoms with Gasteiger partial charge in [-0.3, -0.25) is 0 Å². The Morgan fingerprint density at radius 2 is 2.21 bits per heavy atom. The van der Waals surface area contributed by atoms with Gasteiger partial charge in [0, 0.05) is 13.1 Å². The standard InChI is InChI=1S/C11H15FN2/c1-8(9-6-7-9)14(2)11-5-3-4-10(12)13-11/h3-5,8-9H,6-7H2,1-2H3. The summed E-state index contributed by atoms with van der Waals surface area (Å²) in [5.41, 5.74) is 0. The van der Waals surface area contributed by atoms with Gasteiger partial charge in [0.1, 0.15) is 5.82 Å². The summed E-state index contributed by atoms with van der Waals surface area (Å²) >= 11 is 0. The molecule has 0 saturated heterocycles. The van der Waals surface area contributed by atoms with E-state index in [1.165, 1.54) is 18.9 Å². The normalized spacial score (nSPS) is 17.9. The number of hydrogen-bond donors (Lipinski definition) is 0. The van der Waals surface area contributed by atoms with E-state index in [1.807, 2.05) is 13.1 Å². The summed E-state index contributed by atoms with van der Waals surface area (Å²) in [6, 6.07) is 5.39. The van der Waals surface area contributed by atoms with E-state index in [-0.39, 0.29) is 0 Å². The van der Waals surface area contributed by atoms with Crippen molar-refractivity contribution in [2.24, 2.45) is 5.92 Å². The molecule has 76 valence electrons. The molecule has 1 atom stereocenters. The lowest BCUT2D eigenvalue weighted by atomic mass is 10.2. The van der Waals surface area contributed by atoms with Crippen LogP contribution < -0.4 is 4.90 Å². The van der Waals surface area contributed by atoms with E-state index in [4.69, 9.17) is 0 Å². The van der Waals surface area contributed by atoms with Crippen molar-refractivity contribution < 1.29 is 4.39 Å². The molecule has 1 fully saturated rings. The van der Waals surface area contributed by atoms with Crippen molar-refractivity contribution in [2.75, 3.05) is 11.9 Å². The highest BCUT2D eigenvalue weighted by Crippen LogP contribution is 2.35. The van der Waals surface area contributed by atoms with Gasteiger partial charge in [-0.1, -0.05) is 6.07 Å². The molecule has 1 unspecified atom stereocenters. The van der Waals surface area contributed by atoms with Crippen LogP contribution in [0.25, 0.3) is 0 Å². The van der Waals surface area contributed by atoms with E-state index >= 15 is 0 Å². The van der Waals surface area contributed by atoms with Gasteiger partial charge in [0.25, 0.3) is 0 Å². The molecule has 3 heteroatoms. The molecular weight excluding hydrogens is 179 g/mol. The van der Waals surface area contributed by atoms with Crippen LogP contribution in [-0.2, 0) is 0 Å². The lowest BCUT2D eigenvalue weighted by Gasteiger charge is -2.25. The molecule has 0 amide bonds. The number of hydrogen-bond acceptors (Lipinski definition) is 2. The second kappa shape index (κ2) is 3.56. The zero-order valence-electron chi connectivity index (χ0n) is 8.57. The van der Waals surface area contributed by atoms with E-state index in [9.17, 15) is 4.39 Å². The van der Waals surface area contributed by atoms with Gasteiger partial charge in [0.05, 0.1) is 0 Å². The summed E-state index contributed by atoms with van der Waals surface area (Å²) in [7, 11) is 1.98. The minimum atomic E-state index is -0.405. The zero-order chi connectivity index (χ0) is 10.1. The third-order valence-corrected chi connectivity index (χ3v) is 2.98. The number of pyridine rings is 1. The van der Waals surface area contributed by atoms with Crippen LogP contribution in [0.4, 0.5) is 10.2 Å². The van der Waals surface area contributed by atoms with Gasteiger partial charge >= 0.3 is 0 Å². The molecule has 0 spiro atoms. The predicted molar refractivity (Wildman–Crippen MR) is 54.8 cm³/mol. The first-order valence-electron chi connectivity index (χ1n) is 5.04. The molecule has 1 aliphatic rings. The summed E-state index contributed by atoms with van der Waals surface area (Å²) < 4.78 is 12.9. The molecular formula is C11H15FN2. The quantitative estimate of drug-likeness (QED) is 0.687. The van der Waals surface area contributed by atoms with Crippen LogP contribution in [0.1, 0.15) is 19.8 Å². The van der Waals surface area contributed by atoms with Crippen molar-refractivity contribution in [3.8, 4) is 0 Å². The Morgan fingerprint density at radius 3 is 2.79 bits per heavy atom. The molecule has 0 aromatic carbocycles. The van der Waals surface area contributed by atoms with Crippen molar-refractivity contribution in [1.82, 2.24) is 4.98 Å². The SMILES string of the molecule is CC(C1CC1)N(C)c1cccc(F)n1. The van der Waals surface area contributed by atoms with Crippen LogP contribution in [0.15, 0.2) is 18.2 Å². The minimum absolute atomic E-state index is 0.405. The minimum Gasteiger partial charge on any atom is -0.357 e. The van der Waals surface area contributed by atoms with Gasteiger partial charge in [-0.2, -0.15) is 4.39 Å². The molecule has 1 saturated carbocycles. The lowest BCUT2D eigenvalue weighted by molar-refractivity contribution is 0.566. The monoisotopic (exact) mass is 194 g/mol. The van der Waals surface area contributed by atoms with Crippen LogP contribution in [0.3, 0.4) is 0 Å². The molecule has 0 aliphatic heterocycles. The number of halogens is 1. The van der Waals surface area contributed by atoms with Crippen molar-refractivity contribution >= 4 is 5.82 Å². The van der Waals surface area contributed by atoms with Crippen LogP contribution in [0, 0.1) is 11.9 Å². The Bertz CT molecular complexity index is 323. The Morgan fingerprint density at radius 1 is 1.50 bits per heavy atom. The number of rotatable bonds is 3. The molecule has 2 nitrogen and oxygen atoms in total. The Kier molecular flexibility index (Phi) is 2.40. The first-order chi connectivity index (χ1) is 6.68. The van der Waals surface area contributed by atoms with Crippen LogP contribution in [-0.4, -0.2) is 18.1 Å². The number of aromatic nitrogens is 1. The van der Waals surface area contributed by atoms with E-state index in [0.29, 0.717) is 6.04 Å². The predicted octanol–water partition coefficient (Wildman–Crippen LogP) is 2.46. The molecule has 14 heavy (non-hydrogen) atoms. The van der Waals surface area contributed by atoms with Crippen molar-refractivity contribution in [1.29, 1.82) is 0 Å². The average molecular weight is 194 g/mol. The van der Waals surface area contributed by atoms with Gasteiger partial charge in [-0.05, 0) is 37.8 Å². The summed E-state index contributed by atoms with van der Waals surface area (Å²) in [5, 5.41) is 0. The smallest absolute Gasteiger partial charge is 0.214 e. The van der Waals surface area contributed by atoms with E-state index in [1.54, 1.807) is 6.07 Å². The topological polar surface area (TPSA) is 16.1 Å². The molecule has 0 bridgehead atoms. The zero-order valence-corrected chi connectivity index (χ0v) is 8.57. The molecule has 1 heterocycles. The van der Waals surface area contributed by atoms with Crippen molar-refractivity contribution in [3.05, 3.63) is 24.1 Å². The first kappa shape index (κ1) is 9.44. The fourth-order valence-electron chi connectivity index (χ4n) is 1.70. The highest BCUT2D eigenvalue weighted by atomic mass is 19.1. The Labute approximate surface area is 83.8 Å². The van der Waals surface area contributed by atoms with Gasteiger partial charge in [0.15, 0.2) is 0 Å². The maximum Gasteiger partial charge on any atom is 0.214 e. The van der Waals surface area contributed by atoms with Crippen LogP contribution >= 0.6 is 0 Å². The number of nitrogens with zero attached hydrogens (tertiary/aromatic N) is 2. The van der Waals surface area contributed by atoms with Gasteiger partial charge in [-0.25, -0.2) is 4.98 Å². The van der Waals surface area contributed by atoms with E-state index < -0.39 is 5.95 Å². The summed E-state index contributed by atoms with van der Waals surface area (Å²) in [6.45, 7) is 2.17. The fourth-order valence-corrected chi connectivity index (χ4v) is 1.70. The molecule has 1 aromatic heterocycles. The fraction of sp³-hybridized carbons (Fsp3) is 0.545. The molecule has 1 aromatic rings. The number of anilines is 1. The van der Waals surface area contributed by atoms with Crippen LogP contribution in [0.5, 0.6) is 0 Å². The van der Waals surface area contributed by atoms with Gasteiger partial charge in [-0.15, -0.1) is 0 Å². The average Bonchev–Trinajstić information content (AvgIpc) is 2.99. The second-order valence-electron chi connectivity index (χ2n) is 4.01. The molecule has 1 aliphatic carbocycles. The lowest BCUT2D eigenvalue weighted by Crippen LogP contribution is -2.31. The second-order valence-corrected chi connectivity index (χ2v) is 4.01. The van der Waals surface area contributed by atoms with E-state index in [2.05, 4.69) is 16.8 Å². The summed E-state index contributed by atoms with van der Waals surface area (Å²) in [5.74, 6) is 1.09. The maximum absolute atomic E-state index is 12.9. The highest BCUT2D eigenvalue weighted by molar-refractivity contribution is 5.38. The Balaban J connectivity index is 2.13. The maximum atomic E-state index is 12.9. The van der Waals surface area contributed by atoms with Crippen LogP contribution in [0.2, 0.25) is 0 Å². The van der Waals surface area contributed by atoms with Gasteiger partial charge in [0.2, 0.25) is 5.95 Å². The first-order valence-corrected chi connectivity index (χ1v) is 5.04. The van der Waals surface area contributed by atoms with Crippen molar-refractivity contribution in [2.45, 2.75) is 25.8 Å². The third-order valence-electron chi connectivity index (χ3n) is 2.98. The molecule has 2 rings (SSSR count). The van der Waals surface area contributed by atoms with Gasteiger partial charge < -0.3 is 4.90 Å². The van der Waals surface area contributed by atoms with Crippen molar-refractivity contribution in [3.63, 3.8) is 0 Å². The largest absolute Gasteiger partial charge is 0.357 e. The summed E-state index contributed by atoms with van der Waals surface area (Å²) in [4.78, 5) is 5.92. The summed E-state index contributed by atoms with van der Waals surface area (Å²) in [6.07, 6.45) is 2.58. The molecule has 0 N–H and O–H groups in total. The Hall–Kier alpha value is -1.12. The highest BCUT2D eigenvalue weighted by Gasteiger charge is 2.30. The third kappa shape index (κ3) is 1.86. The van der Waals surface area contributed by atoms with E-state index in [0.717, 1.165) is 11.7 Å².